The molecule has 0 saturated carbocycles. The van der Waals surface area contributed by atoms with Crippen LogP contribution in [0.4, 0.5) is 0 Å². The van der Waals surface area contributed by atoms with E-state index >= 15 is 0 Å². The second-order valence-electron chi connectivity index (χ2n) is 6.00. The van der Waals surface area contributed by atoms with E-state index in [2.05, 4.69) is 23.2 Å². The molecule has 0 aliphatic rings. The predicted molar refractivity (Wildman–Crippen MR) is 97.8 cm³/mol. The molecule has 0 spiro atoms. The highest BCUT2D eigenvalue weighted by Gasteiger charge is 2.14. The van der Waals surface area contributed by atoms with Crippen LogP contribution in [0.1, 0.15) is 42.7 Å². The van der Waals surface area contributed by atoms with Crippen molar-refractivity contribution in [3.8, 4) is 11.5 Å². The Morgan fingerprint density at radius 2 is 1.83 bits per heavy atom. The van der Waals surface area contributed by atoms with Crippen LogP contribution in [0.2, 0.25) is 0 Å². The van der Waals surface area contributed by atoms with Gasteiger partial charge in [-0.2, -0.15) is 0 Å². The van der Waals surface area contributed by atoms with Crippen molar-refractivity contribution in [2.24, 2.45) is 5.73 Å². The Labute approximate surface area is 145 Å². The van der Waals surface area contributed by atoms with Gasteiger partial charge in [0.15, 0.2) is 11.5 Å². The number of nitrogens with zero attached hydrogens (tertiary/aromatic N) is 1. The van der Waals surface area contributed by atoms with E-state index in [4.69, 9.17) is 15.2 Å². The van der Waals surface area contributed by atoms with Crippen LogP contribution in [0.25, 0.3) is 0 Å². The highest BCUT2D eigenvalue weighted by atomic mass is 16.5. The van der Waals surface area contributed by atoms with Gasteiger partial charge in [0.25, 0.3) is 0 Å². The molecule has 0 radical (unpaired) electrons. The van der Waals surface area contributed by atoms with Crippen molar-refractivity contribution < 1.29 is 9.47 Å². The fourth-order valence-electron chi connectivity index (χ4n) is 3.05. The van der Waals surface area contributed by atoms with Crippen LogP contribution in [0.3, 0.4) is 0 Å². The standard InChI is InChI=1S/C20H28N2O2/c1-23-19-11-10-18(14-20(19)24-2)17(9-4-12-21)8-3-6-16-7-5-13-22-15-16/h5,7,10-11,13-15,17H,3-4,6,8-9,12,21H2,1-2H3. The Bertz CT molecular complexity index is 602. The summed E-state index contributed by atoms with van der Waals surface area (Å²) in [5.41, 5.74) is 8.32. The third kappa shape index (κ3) is 5.24. The predicted octanol–water partition coefficient (Wildman–Crippen LogP) is 3.94. The molecule has 130 valence electrons. The SMILES string of the molecule is COc1ccc(C(CCCN)CCCc2cccnc2)cc1OC. The van der Waals surface area contributed by atoms with Crippen molar-refractivity contribution in [1.29, 1.82) is 0 Å². The number of ether oxygens (including phenoxy) is 2. The fraction of sp³-hybridized carbons (Fsp3) is 0.450. The molecular weight excluding hydrogens is 300 g/mol. The first kappa shape index (κ1) is 18.3. The molecule has 0 amide bonds. The van der Waals surface area contributed by atoms with Gasteiger partial charge in [0, 0.05) is 12.4 Å². The minimum Gasteiger partial charge on any atom is -0.493 e. The fourth-order valence-corrected chi connectivity index (χ4v) is 3.05. The molecule has 0 bridgehead atoms. The van der Waals surface area contributed by atoms with Crippen LogP contribution in [0.15, 0.2) is 42.7 Å². The molecule has 24 heavy (non-hydrogen) atoms. The van der Waals surface area contributed by atoms with Crippen LogP contribution in [0.5, 0.6) is 11.5 Å². The Balaban J connectivity index is 2.04. The molecule has 0 fully saturated rings. The average molecular weight is 328 g/mol. The first-order chi connectivity index (χ1) is 11.8. The Morgan fingerprint density at radius 1 is 1.04 bits per heavy atom. The summed E-state index contributed by atoms with van der Waals surface area (Å²) in [6.45, 7) is 0.729. The smallest absolute Gasteiger partial charge is 0.160 e. The Hall–Kier alpha value is -2.07. The number of pyridine rings is 1. The van der Waals surface area contributed by atoms with E-state index < -0.39 is 0 Å². The number of benzene rings is 1. The lowest BCUT2D eigenvalue weighted by Crippen LogP contribution is -2.06. The molecule has 2 N–H and O–H groups in total. The molecule has 0 aliphatic carbocycles. The number of aryl methyl sites for hydroxylation is 1. The summed E-state index contributed by atoms with van der Waals surface area (Å²) in [5, 5.41) is 0. The number of hydrogen-bond acceptors (Lipinski definition) is 4. The Morgan fingerprint density at radius 3 is 2.50 bits per heavy atom. The van der Waals surface area contributed by atoms with Crippen molar-refractivity contribution in [3.63, 3.8) is 0 Å². The van der Waals surface area contributed by atoms with Gasteiger partial charge >= 0.3 is 0 Å². The highest BCUT2D eigenvalue weighted by molar-refractivity contribution is 5.43. The second-order valence-corrected chi connectivity index (χ2v) is 6.00. The molecule has 0 saturated heterocycles. The summed E-state index contributed by atoms with van der Waals surface area (Å²) < 4.78 is 10.8. The number of rotatable bonds is 10. The van der Waals surface area contributed by atoms with Crippen molar-refractivity contribution in [1.82, 2.24) is 4.98 Å². The first-order valence-electron chi connectivity index (χ1n) is 8.59. The summed E-state index contributed by atoms with van der Waals surface area (Å²) in [5.74, 6) is 2.05. The van der Waals surface area contributed by atoms with Gasteiger partial charge in [-0.05, 0) is 73.9 Å². The maximum atomic E-state index is 5.72. The van der Waals surface area contributed by atoms with Crippen molar-refractivity contribution >= 4 is 0 Å². The molecule has 0 aliphatic heterocycles. The van der Waals surface area contributed by atoms with E-state index in [1.165, 1.54) is 11.1 Å². The largest absolute Gasteiger partial charge is 0.493 e. The van der Waals surface area contributed by atoms with E-state index in [0.717, 1.165) is 50.1 Å². The molecule has 1 aromatic carbocycles. The van der Waals surface area contributed by atoms with Crippen LogP contribution in [-0.2, 0) is 6.42 Å². The third-order valence-corrected chi connectivity index (χ3v) is 4.38. The zero-order valence-electron chi connectivity index (χ0n) is 14.7. The summed E-state index contributed by atoms with van der Waals surface area (Å²) in [6.07, 6.45) is 9.22. The van der Waals surface area contributed by atoms with Crippen LogP contribution >= 0.6 is 0 Å². The van der Waals surface area contributed by atoms with Gasteiger partial charge in [-0.1, -0.05) is 12.1 Å². The van der Waals surface area contributed by atoms with Gasteiger partial charge in [-0.25, -0.2) is 0 Å². The first-order valence-corrected chi connectivity index (χ1v) is 8.59. The normalized spacial score (nSPS) is 12.0. The van der Waals surface area contributed by atoms with Crippen LogP contribution in [0, 0.1) is 0 Å². The number of hydrogen-bond donors (Lipinski definition) is 1. The molecule has 2 rings (SSSR count). The molecule has 4 nitrogen and oxygen atoms in total. The monoisotopic (exact) mass is 328 g/mol. The zero-order chi connectivity index (χ0) is 17.2. The molecule has 1 unspecified atom stereocenters. The summed E-state index contributed by atoms with van der Waals surface area (Å²) in [7, 11) is 3.34. The van der Waals surface area contributed by atoms with E-state index in [9.17, 15) is 0 Å². The molecule has 1 atom stereocenters. The van der Waals surface area contributed by atoms with Gasteiger partial charge < -0.3 is 15.2 Å². The molecule has 4 heteroatoms. The molecule has 1 aromatic heterocycles. The number of methoxy groups -OCH3 is 2. The number of nitrogens with two attached hydrogens (primary N) is 1. The van der Waals surface area contributed by atoms with Crippen molar-refractivity contribution in [2.45, 2.75) is 38.0 Å². The van der Waals surface area contributed by atoms with Gasteiger partial charge in [-0.15, -0.1) is 0 Å². The van der Waals surface area contributed by atoms with E-state index in [-0.39, 0.29) is 0 Å². The molecule has 2 aromatic rings. The van der Waals surface area contributed by atoms with Gasteiger partial charge in [-0.3, -0.25) is 4.98 Å². The molecule has 1 heterocycles. The topological polar surface area (TPSA) is 57.4 Å². The van der Waals surface area contributed by atoms with Crippen LogP contribution < -0.4 is 15.2 Å². The van der Waals surface area contributed by atoms with Crippen LogP contribution in [-0.4, -0.2) is 25.7 Å². The van der Waals surface area contributed by atoms with Crippen molar-refractivity contribution in [3.05, 3.63) is 53.9 Å². The lowest BCUT2D eigenvalue weighted by atomic mass is 9.88. The highest BCUT2D eigenvalue weighted by Crippen LogP contribution is 2.34. The van der Waals surface area contributed by atoms with Gasteiger partial charge in [0.2, 0.25) is 0 Å². The molecular formula is C20H28N2O2. The summed E-state index contributed by atoms with van der Waals surface area (Å²) >= 11 is 0. The maximum absolute atomic E-state index is 5.72. The third-order valence-electron chi connectivity index (χ3n) is 4.38. The Kier molecular flexibility index (Phi) is 7.56. The quantitative estimate of drug-likeness (QED) is 0.717. The minimum atomic E-state index is 0.491. The minimum absolute atomic E-state index is 0.491. The van der Waals surface area contributed by atoms with E-state index in [1.54, 1.807) is 14.2 Å². The lowest BCUT2D eigenvalue weighted by Gasteiger charge is -2.19. The van der Waals surface area contributed by atoms with Crippen molar-refractivity contribution in [2.75, 3.05) is 20.8 Å². The van der Waals surface area contributed by atoms with E-state index in [1.807, 2.05) is 24.5 Å². The average Bonchev–Trinajstić information content (AvgIpc) is 2.64. The van der Waals surface area contributed by atoms with E-state index in [0.29, 0.717) is 5.92 Å². The zero-order valence-corrected chi connectivity index (χ0v) is 14.7. The summed E-state index contributed by atoms with van der Waals surface area (Å²) in [4.78, 5) is 4.19. The summed E-state index contributed by atoms with van der Waals surface area (Å²) in [6, 6.07) is 10.4. The lowest BCUT2D eigenvalue weighted by molar-refractivity contribution is 0.354. The van der Waals surface area contributed by atoms with Gasteiger partial charge in [0.1, 0.15) is 0 Å². The maximum Gasteiger partial charge on any atom is 0.160 e. The number of aromatic nitrogens is 1. The van der Waals surface area contributed by atoms with Gasteiger partial charge in [0.05, 0.1) is 14.2 Å². The second kappa shape index (κ2) is 9.93.